The van der Waals surface area contributed by atoms with Gasteiger partial charge in [0, 0.05) is 30.8 Å². The summed E-state index contributed by atoms with van der Waals surface area (Å²) in [5.41, 5.74) is 14.1. The van der Waals surface area contributed by atoms with Gasteiger partial charge in [0.25, 0.3) is 0 Å². The smallest absolute Gasteiger partial charge is 0.241 e. The molecule has 12 nitrogen and oxygen atoms in total. The summed E-state index contributed by atoms with van der Waals surface area (Å²) in [5, 5.41) is 17.4. The number of amidine groups is 2. The number of nitrogens with zero attached hydrogens (tertiary/aromatic N) is 4. The third-order valence-electron chi connectivity index (χ3n) is 4.67. The highest BCUT2D eigenvalue weighted by Crippen LogP contribution is 2.27. The van der Waals surface area contributed by atoms with Crippen molar-refractivity contribution in [2.24, 2.45) is 16.1 Å². The summed E-state index contributed by atoms with van der Waals surface area (Å²) in [4.78, 5) is 19.3. The molecule has 0 spiro atoms. The molecule has 0 aliphatic rings. The molecule has 176 valence electrons. The number of nitrogen functional groups attached to an aromatic ring is 1. The summed E-state index contributed by atoms with van der Waals surface area (Å²) in [6.07, 6.45) is 3.13. The Hall–Kier alpha value is -4.58. The SMILES string of the molecule is COCc1cc(OC)cc(C(Nc2ccc(C(=N)N)cc2)/C(=N/N=O)NNc2ncccn2)c1. The molecule has 1 aromatic heterocycles. The van der Waals surface area contributed by atoms with Crippen LogP contribution in [0, 0.1) is 10.3 Å². The Morgan fingerprint density at radius 1 is 1.15 bits per heavy atom. The van der Waals surface area contributed by atoms with Gasteiger partial charge in [-0.25, -0.2) is 9.97 Å². The molecule has 0 bridgehead atoms. The van der Waals surface area contributed by atoms with Gasteiger partial charge in [-0.05, 0) is 53.6 Å². The molecule has 3 aromatic rings. The van der Waals surface area contributed by atoms with E-state index < -0.39 is 6.04 Å². The quantitative estimate of drug-likeness (QED) is 0.124. The minimum absolute atomic E-state index is 0.0405. The minimum Gasteiger partial charge on any atom is -0.497 e. The lowest BCUT2D eigenvalue weighted by atomic mass is 10.0. The maximum atomic E-state index is 11.2. The highest BCUT2D eigenvalue weighted by molar-refractivity contribution is 5.95. The van der Waals surface area contributed by atoms with Crippen molar-refractivity contribution in [2.45, 2.75) is 12.6 Å². The van der Waals surface area contributed by atoms with Gasteiger partial charge in [0.2, 0.25) is 5.95 Å². The fraction of sp³-hybridized carbons (Fsp3) is 0.182. The second-order valence-corrected chi connectivity index (χ2v) is 7.01. The van der Waals surface area contributed by atoms with Crippen molar-refractivity contribution in [3.63, 3.8) is 0 Å². The van der Waals surface area contributed by atoms with Crippen LogP contribution in [0.4, 0.5) is 11.6 Å². The Morgan fingerprint density at radius 3 is 2.50 bits per heavy atom. The molecular formula is C22H25N9O3. The highest BCUT2D eigenvalue weighted by atomic mass is 16.5. The van der Waals surface area contributed by atoms with E-state index in [-0.39, 0.29) is 17.6 Å². The number of anilines is 2. The third kappa shape index (κ3) is 6.46. The zero-order valence-electron chi connectivity index (χ0n) is 18.6. The zero-order chi connectivity index (χ0) is 24.3. The average molecular weight is 464 g/mol. The van der Waals surface area contributed by atoms with Gasteiger partial charge in [0.15, 0.2) is 5.84 Å². The lowest BCUT2D eigenvalue weighted by molar-refractivity contribution is 0.184. The van der Waals surface area contributed by atoms with E-state index in [1.54, 1.807) is 56.9 Å². The lowest BCUT2D eigenvalue weighted by Gasteiger charge is -2.24. The normalized spacial score (nSPS) is 11.9. The molecule has 12 heteroatoms. The van der Waals surface area contributed by atoms with Gasteiger partial charge in [-0.1, -0.05) is 11.2 Å². The Bertz CT molecular complexity index is 1140. The largest absolute Gasteiger partial charge is 0.497 e. The van der Waals surface area contributed by atoms with E-state index in [1.807, 2.05) is 18.2 Å². The summed E-state index contributed by atoms with van der Waals surface area (Å²) in [7, 11) is 3.16. The molecule has 0 radical (unpaired) electrons. The highest BCUT2D eigenvalue weighted by Gasteiger charge is 2.22. The number of nitrogens with two attached hydrogens (primary N) is 1. The number of aromatic nitrogens is 2. The minimum atomic E-state index is -0.678. The van der Waals surface area contributed by atoms with E-state index in [2.05, 4.69) is 36.5 Å². The number of nitroso groups, excluding NO2 is 1. The Labute approximate surface area is 196 Å². The van der Waals surface area contributed by atoms with Crippen LogP contribution in [0.15, 0.2) is 71.3 Å². The van der Waals surface area contributed by atoms with E-state index in [9.17, 15) is 4.91 Å². The van der Waals surface area contributed by atoms with Crippen molar-refractivity contribution in [3.8, 4) is 5.75 Å². The van der Waals surface area contributed by atoms with E-state index in [1.165, 1.54) is 0 Å². The predicted molar refractivity (Wildman–Crippen MR) is 130 cm³/mol. The number of hydrogen-bond donors (Lipinski definition) is 5. The van der Waals surface area contributed by atoms with Crippen molar-refractivity contribution >= 4 is 23.3 Å². The van der Waals surface area contributed by atoms with Crippen LogP contribution in [0.1, 0.15) is 22.7 Å². The van der Waals surface area contributed by atoms with E-state index in [0.29, 0.717) is 29.2 Å². The summed E-state index contributed by atoms with van der Waals surface area (Å²) in [6, 6.07) is 13.5. The third-order valence-corrected chi connectivity index (χ3v) is 4.67. The van der Waals surface area contributed by atoms with Crippen LogP contribution in [0.5, 0.6) is 5.75 Å². The van der Waals surface area contributed by atoms with Gasteiger partial charge >= 0.3 is 0 Å². The first kappa shape index (κ1) is 24.1. The molecule has 1 unspecified atom stereocenters. The van der Waals surface area contributed by atoms with Crippen LogP contribution >= 0.6 is 0 Å². The van der Waals surface area contributed by atoms with Crippen LogP contribution in [0.2, 0.25) is 0 Å². The molecule has 6 N–H and O–H groups in total. The van der Waals surface area contributed by atoms with Crippen LogP contribution in [-0.4, -0.2) is 35.9 Å². The van der Waals surface area contributed by atoms with Crippen molar-refractivity contribution in [1.82, 2.24) is 15.4 Å². The van der Waals surface area contributed by atoms with Gasteiger partial charge in [-0.3, -0.25) is 16.3 Å². The van der Waals surface area contributed by atoms with Gasteiger partial charge < -0.3 is 20.5 Å². The summed E-state index contributed by atoms with van der Waals surface area (Å²) in [5.74, 6) is 0.980. The van der Waals surface area contributed by atoms with Crippen molar-refractivity contribution in [2.75, 3.05) is 25.0 Å². The molecule has 0 saturated carbocycles. The van der Waals surface area contributed by atoms with Gasteiger partial charge in [-0.2, -0.15) is 0 Å². The van der Waals surface area contributed by atoms with Crippen LogP contribution in [0.3, 0.4) is 0 Å². The van der Waals surface area contributed by atoms with Crippen LogP contribution < -0.4 is 26.6 Å². The molecule has 34 heavy (non-hydrogen) atoms. The number of rotatable bonds is 11. The molecule has 3 rings (SSSR count). The molecule has 1 atom stereocenters. The van der Waals surface area contributed by atoms with Gasteiger partial charge in [0.1, 0.15) is 17.6 Å². The standard InChI is InChI=1S/C22H25N9O3/c1-33-13-14-10-16(12-18(11-14)34-2)19(27-17-6-4-15(5-7-17)20(23)24)21(29-31-32)28-30-22-25-8-3-9-26-22/h3-12,19,27H,13H2,1-2H3,(H3,23,24)(H,25,26,30)(H,28,29,32). The topological polar surface area (TPSA) is 172 Å². The molecule has 0 aliphatic carbocycles. The Morgan fingerprint density at radius 2 is 1.88 bits per heavy atom. The first-order valence-electron chi connectivity index (χ1n) is 10.1. The van der Waals surface area contributed by atoms with Crippen molar-refractivity contribution in [3.05, 3.63) is 82.5 Å². The molecule has 0 amide bonds. The predicted octanol–water partition coefficient (Wildman–Crippen LogP) is 2.77. The fourth-order valence-corrected chi connectivity index (χ4v) is 3.13. The van der Waals surface area contributed by atoms with Crippen LogP contribution in [-0.2, 0) is 11.3 Å². The average Bonchev–Trinajstić information content (AvgIpc) is 2.86. The first-order chi connectivity index (χ1) is 16.5. The molecular weight excluding hydrogens is 438 g/mol. The van der Waals surface area contributed by atoms with Crippen LogP contribution in [0.25, 0.3) is 0 Å². The van der Waals surface area contributed by atoms with E-state index >= 15 is 0 Å². The summed E-state index contributed by atoms with van der Waals surface area (Å²) in [6.45, 7) is 0.353. The maximum Gasteiger partial charge on any atom is 0.241 e. The second-order valence-electron chi connectivity index (χ2n) is 7.01. The van der Waals surface area contributed by atoms with E-state index in [0.717, 1.165) is 5.56 Å². The van der Waals surface area contributed by atoms with Crippen molar-refractivity contribution in [1.29, 1.82) is 5.41 Å². The number of hydrogen-bond acceptors (Lipinski definition) is 9. The van der Waals surface area contributed by atoms with E-state index in [4.69, 9.17) is 20.6 Å². The van der Waals surface area contributed by atoms with Gasteiger partial charge in [-0.15, -0.1) is 4.91 Å². The van der Waals surface area contributed by atoms with Crippen molar-refractivity contribution < 1.29 is 9.47 Å². The zero-order valence-corrected chi connectivity index (χ0v) is 18.6. The molecule has 0 aliphatic heterocycles. The first-order valence-corrected chi connectivity index (χ1v) is 10.1. The van der Waals surface area contributed by atoms with Gasteiger partial charge in [0.05, 0.1) is 19.0 Å². The second kappa shape index (κ2) is 11.9. The number of nitrogens with one attached hydrogen (secondary N) is 4. The summed E-state index contributed by atoms with van der Waals surface area (Å²) < 4.78 is 10.7. The fourth-order valence-electron chi connectivity index (χ4n) is 3.13. The number of ether oxygens (including phenoxy) is 2. The Balaban J connectivity index is 2.00. The molecule has 1 heterocycles. The lowest BCUT2D eigenvalue weighted by Crippen LogP contribution is -2.38. The number of benzene rings is 2. The monoisotopic (exact) mass is 463 g/mol. The molecule has 0 saturated heterocycles. The molecule has 0 fully saturated rings. The summed E-state index contributed by atoms with van der Waals surface area (Å²) >= 11 is 0. The number of methoxy groups -OCH3 is 2. The maximum absolute atomic E-state index is 11.2. The Kier molecular flexibility index (Phi) is 8.41. The molecule has 2 aromatic carbocycles. The number of hydrazine groups is 1.